The summed E-state index contributed by atoms with van der Waals surface area (Å²) in [6, 6.07) is 6.03. The molecule has 6 heteroatoms. The van der Waals surface area contributed by atoms with Crippen LogP contribution in [0.25, 0.3) is 0 Å². The number of anilines is 1. The normalized spacial score (nSPS) is 27.0. The van der Waals surface area contributed by atoms with Crippen LogP contribution >= 0.6 is 0 Å². The van der Waals surface area contributed by atoms with Gasteiger partial charge in [-0.05, 0) is 37.8 Å². The Bertz CT molecular complexity index is 554. The lowest BCUT2D eigenvalue weighted by Gasteiger charge is -2.36. The van der Waals surface area contributed by atoms with Crippen LogP contribution in [0.1, 0.15) is 38.5 Å². The van der Waals surface area contributed by atoms with Crippen LogP contribution in [0.4, 0.5) is 10.6 Å². The molecule has 2 heterocycles. The van der Waals surface area contributed by atoms with Gasteiger partial charge in [0.15, 0.2) is 0 Å². The zero-order valence-electron chi connectivity index (χ0n) is 15.1. The highest BCUT2D eigenvalue weighted by Crippen LogP contribution is 2.25. The second-order valence-electron chi connectivity index (χ2n) is 7.42. The Kier molecular flexibility index (Phi) is 6.13. The van der Waals surface area contributed by atoms with Crippen LogP contribution in [0.15, 0.2) is 24.4 Å². The van der Waals surface area contributed by atoms with Crippen molar-refractivity contribution in [2.45, 2.75) is 50.7 Å². The smallest absolute Gasteiger partial charge is 0.317 e. The highest BCUT2D eigenvalue weighted by atomic mass is 16.3. The van der Waals surface area contributed by atoms with Gasteiger partial charge in [0.25, 0.3) is 0 Å². The second-order valence-corrected chi connectivity index (χ2v) is 7.42. The third-order valence-electron chi connectivity index (χ3n) is 5.45. The zero-order chi connectivity index (χ0) is 17.6. The van der Waals surface area contributed by atoms with Gasteiger partial charge in [-0.2, -0.15) is 0 Å². The summed E-state index contributed by atoms with van der Waals surface area (Å²) in [6.07, 6.45) is 7.70. The van der Waals surface area contributed by atoms with Crippen molar-refractivity contribution in [3.8, 4) is 0 Å². The molecule has 3 atom stereocenters. The molecule has 0 unspecified atom stereocenters. The maximum absolute atomic E-state index is 12.5. The van der Waals surface area contributed by atoms with Gasteiger partial charge in [-0.25, -0.2) is 9.78 Å². The molecule has 1 aliphatic heterocycles. The molecule has 2 fully saturated rings. The lowest BCUT2D eigenvalue weighted by molar-refractivity contribution is 0.0562. The van der Waals surface area contributed by atoms with Crippen LogP contribution in [0, 0.1) is 5.92 Å². The average molecular weight is 346 g/mol. The number of pyridine rings is 1. The number of urea groups is 1. The van der Waals surface area contributed by atoms with Crippen molar-refractivity contribution in [3.63, 3.8) is 0 Å². The van der Waals surface area contributed by atoms with Crippen molar-refractivity contribution in [2.24, 2.45) is 5.92 Å². The van der Waals surface area contributed by atoms with Gasteiger partial charge in [0.1, 0.15) is 5.82 Å². The van der Waals surface area contributed by atoms with Crippen LogP contribution in [0.5, 0.6) is 0 Å². The fourth-order valence-corrected chi connectivity index (χ4v) is 3.96. The highest BCUT2D eigenvalue weighted by Gasteiger charge is 2.27. The van der Waals surface area contributed by atoms with E-state index in [0.29, 0.717) is 6.54 Å². The number of nitrogens with zero attached hydrogens (tertiary/aromatic N) is 3. The van der Waals surface area contributed by atoms with Gasteiger partial charge in [0, 0.05) is 44.8 Å². The van der Waals surface area contributed by atoms with E-state index < -0.39 is 0 Å². The van der Waals surface area contributed by atoms with Crippen molar-refractivity contribution in [3.05, 3.63) is 24.4 Å². The lowest BCUT2D eigenvalue weighted by atomic mass is 9.86. The predicted octanol–water partition coefficient (Wildman–Crippen LogP) is 2.24. The summed E-state index contributed by atoms with van der Waals surface area (Å²) < 4.78 is 0. The Hall–Kier alpha value is -1.82. The molecule has 1 aromatic heterocycles. The molecule has 1 saturated carbocycles. The first-order valence-corrected chi connectivity index (χ1v) is 9.49. The summed E-state index contributed by atoms with van der Waals surface area (Å²) in [7, 11) is 1.83. The number of hydrogen-bond donors (Lipinski definition) is 2. The van der Waals surface area contributed by atoms with Crippen LogP contribution in [0.2, 0.25) is 0 Å². The number of aliphatic hydroxyl groups is 1. The van der Waals surface area contributed by atoms with Gasteiger partial charge in [-0.3, -0.25) is 0 Å². The largest absolute Gasteiger partial charge is 0.393 e. The molecule has 2 N–H and O–H groups in total. The Balaban J connectivity index is 1.50. The van der Waals surface area contributed by atoms with Crippen molar-refractivity contribution < 1.29 is 9.90 Å². The first-order valence-electron chi connectivity index (χ1n) is 9.49. The number of hydrogen-bond acceptors (Lipinski definition) is 4. The van der Waals surface area contributed by atoms with E-state index in [1.54, 1.807) is 11.1 Å². The molecule has 0 bridgehead atoms. The van der Waals surface area contributed by atoms with Gasteiger partial charge in [0.2, 0.25) is 0 Å². The molecule has 2 aliphatic rings. The summed E-state index contributed by atoms with van der Waals surface area (Å²) in [4.78, 5) is 20.9. The van der Waals surface area contributed by atoms with E-state index in [1.807, 2.05) is 25.2 Å². The Morgan fingerprint density at radius 1 is 1.32 bits per heavy atom. The zero-order valence-corrected chi connectivity index (χ0v) is 15.1. The molecular weight excluding hydrogens is 316 g/mol. The van der Waals surface area contributed by atoms with Crippen LogP contribution in [0.3, 0.4) is 0 Å². The first-order chi connectivity index (χ1) is 12.1. The molecule has 0 radical (unpaired) electrons. The number of aromatic nitrogens is 1. The topological polar surface area (TPSA) is 68.7 Å². The molecule has 138 valence electrons. The van der Waals surface area contributed by atoms with E-state index in [-0.39, 0.29) is 24.1 Å². The maximum Gasteiger partial charge on any atom is 0.317 e. The molecule has 1 aromatic rings. The summed E-state index contributed by atoms with van der Waals surface area (Å²) in [5.41, 5.74) is 0. The first kappa shape index (κ1) is 18.0. The maximum atomic E-state index is 12.5. The number of piperidine rings is 1. The fourth-order valence-electron chi connectivity index (χ4n) is 3.96. The molecule has 0 spiro atoms. The van der Waals surface area contributed by atoms with Crippen LogP contribution < -0.4 is 10.2 Å². The molecule has 1 saturated heterocycles. The highest BCUT2D eigenvalue weighted by molar-refractivity contribution is 5.74. The quantitative estimate of drug-likeness (QED) is 0.877. The summed E-state index contributed by atoms with van der Waals surface area (Å²) in [5, 5.41) is 13.3. The van der Waals surface area contributed by atoms with Gasteiger partial charge in [0.05, 0.1) is 6.10 Å². The van der Waals surface area contributed by atoms with Crippen molar-refractivity contribution in [2.75, 3.05) is 31.6 Å². The van der Waals surface area contributed by atoms with E-state index in [1.165, 1.54) is 0 Å². The third-order valence-corrected chi connectivity index (χ3v) is 5.45. The van der Waals surface area contributed by atoms with E-state index in [0.717, 1.165) is 57.4 Å². The van der Waals surface area contributed by atoms with E-state index in [4.69, 9.17) is 0 Å². The van der Waals surface area contributed by atoms with E-state index in [9.17, 15) is 9.90 Å². The van der Waals surface area contributed by atoms with Crippen molar-refractivity contribution >= 4 is 11.8 Å². The monoisotopic (exact) mass is 346 g/mol. The molecule has 1 aliphatic carbocycles. The minimum atomic E-state index is -0.265. The minimum absolute atomic E-state index is 0.0364. The van der Waals surface area contributed by atoms with Gasteiger partial charge in [-0.1, -0.05) is 18.9 Å². The van der Waals surface area contributed by atoms with E-state index in [2.05, 4.69) is 15.2 Å². The van der Waals surface area contributed by atoms with Crippen molar-refractivity contribution in [1.82, 2.24) is 15.2 Å². The van der Waals surface area contributed by atoms with Gasteiger partial charge in [-0.15, -0.1) is 0 Å². The number of carbonyl (C=O) groups is 1. The average Bonchev–Trinajstić information content (AvgIpc) is 2.64. The standard InChI is InChI=1S/C19H30N4O2/c1-22(13-15-7-2-3-9-17(15)24)19(25)21-16-8-6-12-23(14-16)18-10-4-5-11-20-18/h4-5,10-11,15-17,24H,2-3,6-9,12-14H2,1H3,(H,21,25)/t15-,16+,17-/m0/s1. The number of aliphatic hydroxyl groups excluding tert-OH is 1. The Morgan fingerprint density at radius 3 is 2.92 bits per heavy atom. The predicted molar refractivity (Wildman–Crippen MR) is 98.6 cm³/mol. The molecule has 2 amide bonds. The number of carbonyl (C=O) groups excluding carboxylic acids is 1. The Labute approximate surface area is 150 Å². The SMILES string of the molecule is CN(C[C@@H]1CCCC[C@@H]1O)C(=O)N[C@@H]1CCCN(c2ccccn2)C1. The minimum Gasteiger partial charge on any atom is -0.393 e. The molecular formula is C19H30N4O2. The molecule has 6 nitrogen and oxygen atoms in total. The molecule has 0 aromatic carbocycles. The summed E-state index contributed by atoms with van der Waals surface area (Å²) in [6.45, 7) is 2.40. The number of nitrogens with one attached hydrogen (secondary N) is 1. The third kappa shape index (κ3) is 4.84. The van der Waals surface area contributed by atoms with Crippen LogP contribution in [-0.4, -0.2) is 59.8 Å². The second kappa shape index (κ2) is 8.52. The van der Waals surface area contributed by atoms with Crippen molar-refractivity contribution in [1.29, 1.82) is 0 Å². The van der Waals surface area contributed by atoms with E-state index >= 15 is 0 Å². The van der Waals surface area contributed by atoms with Crippen LogP contribution in [-0.2, 0) is 0 Å². The summed E-state index contributed by atoms with van der Waals surface area (Å²) >= 11 is 0. The Morgan fingerprint density at radius 2 is 2.16 bits per heavy atom. The van der Waals surface area contributed by atoms with Gasteiger partial charge >= 0.3 is 6.03 Å². The number of rotatable bonds is 4. The number of amides is 2. The molecule has 3 rings (SSSR count). The fraction of sp³-hybridized carbons (Fsp3) is 0.684. The lowest BCUT2D eigenvalue weighted by Crippen LogP contribution is -2.52. The summed E-state index contributed by atoms with van der Waals surface area (Å²) in [5.74, 6) is 1.18. The van der Waals surface area contributed by atoms with Gasteiger partial charge < -0.3 is 20.2 Å². The molecule has 25 heavy (non-hydrogen) atoms.